The number of nitrogens with zero attached hydrogens (tertiary/aromatic N) is 4. The van der Waals surface area contributed by atoms with Crippen molar-refractivity contribution in [1.82, 2.24) is 19.2 Å². The lowest BCUT2D eigenvalue weighted by Crippen LogP contribution is -2.32. The van der Waals surface area contributed by atoms with Gasteiger partial charge in [0.1, 0.15) is 6.54 Å². The molecule has 0 atom stereocenters. The Kier molecular flexibility index (Phi) is 5.22. The number of para-hydroxylation sites is 2. The molecule has 0 saturated carbocycles. The minimum Gasteiger partial charge on any atom is -0.324 e. The first-order chi connectivity index (χ1) is 16.0. The smallest absolute Gasteiger partial charge is 0.324 e. The zero-order valence-electron chi connectivity index (χ0n) is 18.4. The number of anilines is 1. The standard InChI is InChI=1S/C26H23N5O2/c1-17(2)24-28-25-20-13-7-9-15-22(20)30(26(33)31(25)29-24)16-23(32)27-21-14-8-6-12-19(21)18-10-4-3-5-11-18/h3-15,17H,16H2,1-2H3,(H,27,32). The first-order valence-corrected chi connectivity index (χ1v) is 10.9. The van der Waals surface area contributed by atoms with Gasteiger partial charge in [0.25, 0.3) is 0 Å². The second-order valence-electron chi connectivity index (χ2n) is 8.21. The van der Waals surface area contributed by atoms with Gasteiger partial charge in [0.15, 0.2) is 11.5 Å². The predicted molar refractivity (Wildman–Crippen MR) is 129 cm³/mol. The Balaban J connectivity index is 1.54. The number of aromatic nitrogens is 4. The molecule has 5 rings (SSSR count). The summed E-state index contributed by atoms with van der Waals surface area (Å²) in [7, 11) is 0. The summed E-state index contributed by atoms with van der Waals surface area (Å²) in [6.45, 7) is 3.82. The van der Waals surface area contributed by atoms with Gasteiger partial charge in [-0.05, 0) is 23.8 Å². The summed E-state index contributed by atoms with van der Waals surface area (Å²) in [4.78, 5) is 31.0. The van der Waals surface area contributed by atoms with Gasteiger partial charge in [-0.1, -0.05) is 74.5 Å². The number of hydrogen-bond acceptors (Lipinski definition) is 4. The van der Waals surface area contributed by atoms with Crippen LogP contribution in [0.4, 0.5) is 5.69 Å². The van der Waals surface area contributed by atoms with Crippen LogP contribution in [0.15, 0.2) is 83.7 Å². The van der Waals surface area contributed by atoms with Gasteiger partial charge in [0, 0.05) is 22.6 Å². The van der Waals surface area contributed by atoms with E-state index < -0.39 is 5.69 Å². The molecule has 0 aliphatic heterocycles. The molecule has 7 nitrogen and oxygen atoms in total. The van der Waals surface area contributed by atoms with Gasteiger partial charge >= 0.3 is 5.69 Å². The lowest BCUT2D eigenvalue weighted by molar-refractivity contribution is -0.116. The van der Waals surface area contributed by atoms with Gasteiger partial charge in [-0.3, -0.25) is 9.36 Å². The topological polar surface area (TPSA) is 81.3 Å². The summed E-state index contributed by atoms with van der Waals surface area (Å²) >= 11 is 0. The average molecular weight is 438 g/mol. The fraction of sp³-hybridized carbons (Fsp3) is 0.154. The number of carbonyl (C=O) groups excluding carboxylic acids is 1. The summed E-state index contributed by atoms with van der Waals surface area (Å²) in [5.41, 5.74) is 3.36. The molecule has 0 aliphatic rings. The number of hydrogen-bond donors (Lipinski definition) is 1. The number of benzene rings is 3. The van der Waals surface area contributed by atoms with Crippen molar-refractivity contribution >= 4 is 28.1 Å². The molecule has 1 amide bonds. The number of nitrogens with one attached hydrogen (secondary N) is 1. The Morgan fingerprint density at radius 2 is 1.64 bits per heavy atom. The molecule has 2 aromatic heterocycles. The van der Waals surface area contributed by atoms with Crippen LogP contribution >= 0.6 is 0 Å². The number of rotatable bonds is 5. The summed E-state index contributed by atoms with van der Waals surface area (Å²) in [6.07, 6.45) is 0. The maximum atomic E-state index is 13.3. The Morgan fingerprint density at radius 1 is 0.939 bits per heavy atom. The molecule has 0 spiro atoms. The highest BCUT2D eigenvalue weighted by Gasteiger charge is 2.18. The van der Waals surface area contributed by atoms with E-state index in [4.69, 9.17) is 0 Å². The van der Waals surface area contributed by atoms with Crippen LogP contribution in [0.2, 0.25) is 0 Å². The van der Waals surface area contributed by atoms with Crippen LogP contribution in [-0.4, -0.2) is 25.1 Å². The van der Waals surface area contributed by atoms with Crippen molar-refractivity contribution in [2.75, 3.05) is 5.32 Å². The highest BCUT2D eigenvalue weighted by molar-refractivity contribution is 5.97. The molecule has 164 valence electrons. The van der Waals surface area contributed by atoms with Crippen molar-refractivity contribution in [2.45, 2.75) is 26.3 Å². The Bertz CT molecular complexity index is 1530. The van der Waals surface area contributed by atoms with Gasteiger partial charge in [0.2, 0.25) is 5.91 Å². The normalized spacial score (nSPS) is 11.4. The van der Waals surface area contributed by atoms with E-state index in [0.717, 1.165) is 16.5 Å². The van der Waals surface area contributed by atoms with Gasteiger partial charge < -0.3 is 5.32 Å². The van der Waals surface area contributed by atoms with Crippen LogP contribution < -0.4 is 11.0 Å². The summed E-state index contributed by atoms with van der Waals surface area (Å²) in [5, 5.41) is 8.16. The minimum atomic E-state index is -0.394. The summed E-state index contributed by atoms with van der Waals surface area (Å²) in [6, 6.07) is 24.9. The third kappa shape index (κ3) is 3.78. The molecule has 0 saturated heterocycles. The number of fused-ring (bicyclic) bond motifs is 3. The Hall–Kier alpha value is -4.26. The monoisotopic (exact) mass is 437 g/mol. The maximum absolute atomic E-state index is 13.3. The fourth-order valence-corrected chi connectivity index (χ4v) is 3.94. The SMILES string of the molecule is CC(C)c1nc2c3ccccc3n(CC(=O)Nc3ccccc3-c3ccccc3)c(=O)n2n1. The number of carbonyl (C=O) groups is 1. The van der Waals surface area contributed by atoms with E-state index in [1.54, 1.807) is 0 Å². The van der Waals surface area contributed by atoms with Crippen LogP contribution in [0, 0.1) is 0 Å². The van der Waals surface area contributed by atoms with E-state index in [2.05, 4.69) is 15.4 Å². The summed E-state index contributed by atoms with van der Waals surface area (Å²) in [5.74, 6) is 0.375. The minimum absolute atomic E-state index is 0.0781. The third-order valence-corrected chi connectivity index (χ3v) is 5.58. The lowest BCUT2D eigenvalue weighted by atomic mass is 10.0. The highest BCUT2D eigenvalue weighted by Crippen LogP contribution is 2.27. The van der Waals surface area contributed by atoms with Crippen molar-refractivity contribution < 1.29 is 4.79 Å². The molecule has 1 N–H and O–H groups in total. The first-order valence-electron chi connectivity index (χ1n) is 10.9. The van der Waals surface area contributed by atoms with E-state index in [1.807, 2.05) is 92.7 Å². The second kappa shape index (κ2) is 8.35. The van der Waals surface area contributed by atoms with Gasteiger partial charge in [-0.15, -0.1) is 5.10 Å². The van der Waals surface area contributed by atoms with E-state index in [-0.39, 0.29) is 18.4 Å². The summed E-state index contributed by atoms with van der Waals surface area (Å²) < 4.78 is 2.74. The van der Waals surface area contributed by atoms with Gasteiger partial charge in [-0.25, -0.2) is 9.78 Å². The Morgan fingerprint density at radius 3 is 2.42 bits per heavy atom. The van der Waals surface area contributed by atoms with Crippen molar-refractivity contribution in [3.63, 3.8) is 0 Å². The van der Waals surface area contributed by atoms with Crippen molar-refractivity contribution in [3.05, 3.63) is 95.2 Å². The van der Waals surface area contributed by atoms with Gasteiger partial charge in [-0.2, -0.15) is 4.52 Å². The van der Waals surface area contributed by atoms with Crippen molar-refractivity contribution in [1.29, 1.82) is 0 Å². The number of amides is 1. The molecular formula is C26H23N5O2. The zero-order valence-corrected chi connectivity index (χ0v) is 18.4. The third-order valence-electron chi connectivity index (χ3n) is 5.58. The largest absolute Gasteiger partial charge is 0.351 e. The van der Waals surface area contributed by atoms with E-state index in [9.17, 15) is 9.59 Å². The zero-order chi connectivity index (χ0) is 22.9. The molecule has 0 aliphatic carbocycles. The maximum Gasteiger partial charge on any atom is 0.351 e. The fourth-order valence-electron chi connectivity index (χ4n) is 3.94. The average Bonchev–Trinajstić information content (AvgIpc) is 3.29. The molecule has 33 heavy (non-hydrogen) atoms. The van der Waals surface area contributed by atoms with Crippen LogP contribution in [0.1, 0.15) is 25.6 Å². The molecule has 0 fully saturated rings. The van der Waals surface area contributed by atoms with Crippen LogP contribution in [-0.2, 0) is 11.3 Å². The van der Waals surface area contributed by atoms with E-state index in [1.165, 1.54) is 9.08 Å². The molecule has 2 heterocycles. The molecule has 0 bridgehead atoms. The molecule has 5 aromatic rings. The lowest BCUT2D eigenvalue weighted by Gasteiger charge is -2.13. The van der Waals surface area contributed by atoms with Crippen LogP contribution in [0.3, 0.4) is 0 Å². The second-order valence-corrected chi connectivity index (χ2v) is 8.21. The molecule has 3 aromatic carbocycles. The van der Waals surface area contributed by atoms with Gasteiger partial charge in [0.05, 0.1) is 5.52 Å². The Labute approximate surface area is 190 Å². The van der Waals surface area contributed by atoms with Crippen molar-refractivity contribution in [2.24, 2.45) is 0 Å². The van der Waals surface area contributed by atoms with E-state index >= 15 is 0 Å². The predicted octanol–water partition coefficient (Wildman–Crippen LogP) is 4.47. The van der Waals surface area contributed by atoms with Crippen LogP contribution in [0.5, 0.6) is 0 Å². The van der Waals surface area contributed by atoms with E-state index in [0.29, 0.717) is 22.7 Å². The van der Waals surface area contributed by atoms with Crippen molar-refractivity contribution in [3.8, 4) is 11.1 Å². The molecule has 0 unspecified atom stereocenters. The first kappa shape index (κ1) is 20.6. The molecule has 7 heteroatoms. The quantitative estimate of drug-likeness (QED) is 0.440. The molecular weight excluding hydrogens is 414 g/mol. The highest BCUT2D eigenvalue weighted by atomic mass is 16.2. The molecule has 0 radical (unpaired) electrons. The van der Waals surface area contributed by atoms with Crippen LogP contribution in [0.25, 0.3) is 27.7 Å².